The van der Waals surface area contributed by atoms with Crippen LogP contribution < -0.4 is 5.73 Å². The Labute approximate surface area is 130 Å². The molecule has 0 aliphatic rings. The van der Waals surface area contributed by atoms with E-state index in [0.717, 1.165) is 6.54 Å². The van der Waals surface area contributed by atoms with E-state index in [2.05, 4.69) is 48.5 Å². The summed E-state index contributed by atoms with van der Waals surface area (Å²) in [4.78, 5) is 4.23. The van der Waals surface area contributed by atoms with E-state index >= 15 is 0 Å². The molecule has 4 heteroatoms. The minimum atomic E-state index is 0.0959. The van der Waals surface area contributed by atoms with E-state index in [9.17, 15) is 0 Å². The van der Waals surface area contributed by atoms with Crippen LogP contribution in [0.5, 0.6) is 0 Å². The van der Waals surface area contributed by atoms with Gasteiger partial charge in [0.05, 0.1) is 4.99 Å². The number of nitrogens with two attached hydrogens (primary N) is 1. The van der Waals surface area contributed by atoms with Crippen LogP contribution in [0.15, 0.2) is 47.8 Å². The molecule has 0 amide bonds. The highest BCUT2D eigenvalue weighted by atomic mass is 32.1. The molecular formula is C16H20N2S2. The van der Waals surface area contributed by atoms with Crippen molar-refractivity contribution in [2.75, 3.05) is 13.6 Å². The average molecular weight is 304 g/mol. The Balaban J connectivity index is 2.11. The van der Waals surface area contributed by atoms with E-state index < -0.39 is 0 Å². The maximum absolute atomic E-state index is 5.94. The summed E-state index contributed by atoms with van der Waals surface area (Å²) in [5, 5.41) is 2.11. The second-order valence-corrected chi connectivity index (χ2v) is 6.45. The normalized spacial score (nSPS) is 14.2. The first-order valence-electron chi connectivity index (χ1n) is 6.67. The number of hydrogen-bond acceptors (Lipinski definition) is 3. The lowest BCUT2D eigenvalue weighted by Crippen LogP contribution is -2.33. The molecule has 0 radical (unpaired) electrons. The molecule has 106 valence electrons. The zero-order valence-electron chi connectivity index (χ0n) is 11.8. The molecule has 2 atom stereocenters. The minimum Gasteiger partial charge on any atom is -0.393 e. The van der Waals surface area contributed by atoms with Gasteiger partial charge in [-0.15, -0.1) is 11.3 Å². The molecule has 0 aliphatic heterocycles. The maximum Gasteiger partial charge on any atom is 0.0816 e. The first kappa shape index (κ1) is 15.2. The van der Waals surface area contributed by atoms with Crippen molar-refractivity contribution in [3.05, 3.63) is 58.3 Å². The molecule has 1 aromatic heterocycles. The van der Waals surface area contributed by atoms with Crippen LogP contribution >= 0.6 is 23.6 Å². The second kappa shape index (κ2) is 6.97. The highest BCUT2D eigenvalue weighted by Crippen LogP contribution is 2.26. The Morgan fingerprint density at radius 2 is 1.95 bits per heavy atom. The highest BCUT2D eigenvalue weighted by Gasteiger charge is 2.20. The molecule has 0 spiro atoms. The van der Waals surface area contributed by atoms with Gasteiger partial charge in [-0.2, -0.15) is 0 Å². The molecule has 2 aromatic rings. The van der Waals surface area contributed by atoms with Crippen molar-refractivity contribution in [1.82, 2.24) is 4.90 Å². The Hall–Kier alpha value is -1.23. The predicted molar refractivity (Wildman–Crippen MR) is 91.3 cm³/mol. The van der Waals surface area contributed by atoms with E-state index in [4.69, 9.17) is 18.0 Å². The van der Waals surface area contributed by atoms with E-state index in [1.807, 2.05) is 18.2 Å². The number of likely N-dealkylation sites (N-methyl/N-ethyl adjacent to an activating group) is 1. The highest BCUT2D eigenvalue weighted by molar-refractivity contribution is 7.80. The van der Waals surface area contributed by atoms with Crippen LogP contribution in [0.25, 0.3) is 0 Å². The van der Waals surface area contributed by atoms with Crippen LogP contribution in [-0.2, 0) is 0 Å². The lowest BCUT2D eigenvalue weighted by Gasteiger charge is -2.28. The number of nitrogens with zero attached hydrogens (tertiary/aromatic N) is 1. The van der Waals surface area contributed by atoms with Gasteiger partial charge in [-0.3, -0.25) is 4.90 Å². The summed E-state index contributed by atoms with van der Waals surface area (Å²) in [5.41, 5.74) is 7.13. The smallest absolute Gasteiger partial charge is 0.0816 e. The van der Waals surface area contributed by atoms with Crippen molar-refractivity contribution in [2.24, 2.45) is 5.73 Å². The number of benzene rings is 1. The topological polar surface area (TPSA) is 29.3 Å². The summed E-state index contributed by atoms with van der Waals surface area (Å²) in [6.45, 7) is 3.05. The van der Waals surface area contributed by atoms with Gasteiger partial charge in [0, 0.05) is 23.4 Å². The van der Waals surface area contributed by atoms with Gasteiger partial charge >= 0.3 is 0 Å². The molecule has 2 N–H and O–H groups in total. The lowest BCUT2D eigenvalue weighted by molar-refractivity contribution is 0.262. The fourth-order valence-electron chi connectivity index (χ4n) is 2.24. The number of rotatable bonds is 6. The summed E-state index contributed by atoms with van der Waals surface area (Å²) in [6, 6.07) is 14.9. The number of thiocarbonyl (C=S) groups is 1. The summed E-state index contributed by atoms with van der Waals surface area (Å²) < 4.78 is 0. The van der Waals surface area contributed by atoms with Crippen LogP contribution in [0.2, 0.25) is 0 Å². The van der Waals surface area contributed by atoms with E-state index in [0.29, 0.717) is 11.0 Å². The van der Waals surface area contributed by atoms with Crippen molar-refractivity contribution in [2.45, 2.75) is 18.9 Å². The molecule has 1 heterocycles. The Morgan fingerprint density at radius 3 is 2.50 bits per heavy atom. The Kier molecular flexibility index (Phi) is 5.29. The molecule has 20 heavy (non-hydrogen) atoms. The molecule has 0 aliphatic carbocycles. The monoisotopic (exact) mass is 304 g/mol. The van der Waals surface area contributed by atoms with Gasteiger partial charge in [0.25, 0.3) is 0 Å². The molecule has 1 aromatic carbocycles. The Morgan fingerprint density at radius 1 is 1.25 bits per heavy atom. The van der Waals surface area contributed by atoms with Crippen molar-refractivity contribution >= 4 is 28.5 Å². The summed E-state index contributed by atoms with van der Waals surface area (Å²) in [5.74, 6) is 0.0959. The first-order valence-corrected chi connectivity index (χ1v) is 7.96. The van der Waals surface area contributed by atoms with Crippen molar-refractivity contribution in [3.8, 4) is 0 Å². The van der Waals surface area contributed by atoms with Crippen LogP contribution in [0.4, 0.5) is 0 Å². The van der Waals surface area contributed by atoms with E-state index in [1.165, 1.54) is 10.4 Å². The number of hydrogen-bond donors (Lipinski definition) is 1. The summed E-state index contributed by atoms with van der Waals surface area (Å²) >= 11 is 7.04. The van der Waals surface area contributed by atoms with Gasteiger partial charge in [0.15, 0.2) is 0 Å². The van der Waals surface area contributed by atoms with Crippen LogP contribution in [0.3, 0.4) is 0 Å². The molecular weight excluding hydrogens is 284 g/mol. The fraction of sp³-hybridized carbons (Fsp3) is 0.312. The SMILES string of the molecule is CC(c1cccs1)N(C)CC(C(N)=S)c1ccccc1. The van der Waals surface area contributed by atoms with Crippen LogP contribution in [0, 0.1) is 0 Å². The van der Waals surface area contributed by atoms with Crippen molar-refractivity contribution < 1.29 is 0 Å². The second-order valence-electron chi connectivity index (χ2n) is 5.00. The molecule has 0 fully saturated rings. The van der Waals surface area contributed by atoms with E-state index in [1.54, 1.807) is 11.3 Å². The third kappa shape index (κ3) is 3.66. The third-order valence-electron chi connectivity index (χ3n) is 3.63. The quantitative estimate of drug-likeness (QED) is 0.823. The molecule has 2 unspecified atom stereocenters. The van der Waals surface area contributed by atoms with Gasteiger partial charge in [0.2, 0.25) is 0 Å². The average Bonchev–Trinajstić information content (AvgIpc) is 2.98. The summed E-state index contributed by atoms with van der Waals surface area (Å²) in [7, 11) is 2.12. The lowest BCUT2D eigenvalue weighted by atomic mass is 9.98. The molecule has 0 bridgehead atoms. The number of thiophene rings is 1. The summed E-state index contributed by atoms with van der Waals surface area (Å²) in [6.07, 6.45) is 0. The largest absolute Gasteiger partial charge is 0.393 e. The van der Waals surface area contributed by atoms with Gasteiger partial charge < -0.3 is 5.73 Å². The zero-order valence-corrected chi connectivity index (χ0v) is 13.5. The molecule has 0 saturated heterocycles. The van der Waals surface area contributed by atoms with Gasteiger partial charge in [0.1, 0.15) is 0 Å². The van der Waals surface area contributed by atoms with Gasteiger partial charge in [-0.05, 0) is 31.0 Å². The van der Waals surface area contributed by atoms with E-state index in [-0.39, 0.29) is 5.92 Å². The van der Waals surface area contributed by atoms with Crippen LogP contribution in [-0.4, -0.2) is 23.5 Å². The molecule has 0 saturated carbocycles. The van der Waals surface area contributed by atoms with Gasteiger partial charge in [-0.1, -0.05) is 48.6 Å². The first-order chi connectivity index (χ1) is 9.59. The predicted octanol–water partition coefficient (Wildman–Crippen LogP) is 3.81. The maximum atomic E-state index is 5.94. The molecule has 2 nitrogen and oxygen atoms in total. The Bertz CT molecular complexity index is 537. The molecule has 2 rings (SSSR count). The third-order valence-corrected chi connectivity index (χ3v) is 4.96. The zero-order chi connectivity index (χ0) is 14.5. The van der Waals surface area contributed by atoms with Crippen molar-refractivity contribution in [3.63, 3.8) is 0 Å². The van der Waals surface area contributed by atoms with Crippen LogP contribution in [0.1, 0.15) is 29.3 Å². The minimum absolute atomic E-state index is 0.0959. The standard InChI is InChI=1S/C16H20N2S2/c1-12(15-9-6-10-20-15)18(2)11-14(16(17)19)13-7-4-3-5-8-13/h3-10,12,14H,11H2,1-2H3,(H2,17,19). The van der Waals surface area contributed by atoms with Crippen molar-refractivity contribution in [1.29, 1.82) is 0 Å². The fourth-order valence-corrected chi connectivity index (χ4v) is 3.30. The van der Waals surface area contributed by atoms with Gasteiger partial charge in [-0.25, -0.2) is 0 Å².